The number of hydrogen-bond donors (Lipinski definition) is 1. The van der Waals surface area contributed by atoms with E-state index in [1.165, 1.54) is 11.5 Å². The number of alkyl halides is 1. The van der Waals surface area contributed by atoms with Gasteiger partial charge in [-0.15, -0.1) is 11.6 Å². The highest BCUT2D eigenvalue weighted by atomic mass is 35.5. The first-order valence-corrected chi connectivity index (χ1v) is 9.82. The van der Waals surface area contributed by atoms with Gasteiger partial charge in [-0.3, -0.25) is 10.1 Å². The molecule has 26 heavy (non-hydrogen) atoms. The minimum Gasteiger partial charge on any atom is -0.285 e. The Morgan fingerprint density at radius 3 is 2.46 bits per heavy atom. The summed E-state index contributed by atoms with van der Waals surface area (Å²) in [5.41, 5.74) is 1.59. The van der Waals surface area contributed by atoms with E-state index in [1.54, 1.807) is 0 Å². The smallest absolute Gasteiger partial charge is 0.226 e. The van der Waals surface area contributed by atoms with Gasteiger partial charge in [-0.2, -0.15) is 0 Å². The van der Waals surface area contributed by atoms with Crippen LogP contribution in [0.1, 0.15) is 24.8 Å². The number of hydrogen-bond acceptors (Lipinski definition) is 4. The lowest BCUT2D eigenvalue weighted by Crippen LogP contribution is -2.64. The Balaban J connectivity index is 1.98. The third-order valence-electron chi connectivity index (χ3n) is 5.15. The number of halogens is 2. The minimum atomic E-state index is -1.01. The molecule has 2 aromatic carbocycles. The summed E-state index contributed by atoms with van der Waals surface area (Å²) < 4.78 is 0. The Morgan fingerprint density at radius 1 is 1.04 bits per heavy atom. The Morgan fingerprint density at radius 2 is 1.77 bits per heavy atom. The van der Waals surface area contributed by atoms with E-state index in [0.29, 0.717) is 10.7 Å². The molecular formula is C20H21Cl2N3O. The standard InChI is InChI=1S/C20H21Cl2N3O/c21-14-20(24-11-5-2-6-12-24)23-18-10-9-16(22)13-17(18)19(25(20)26)15-7-3-1-4-8-15/h1,3-4,7-10,13,26H,2,5-6,11-12,14H2. The first kappa shape index (κ1) is 17.8. The molecule has 1 unspecified atom stereocenters. The highest BCUT2D eigenvalue weighted by Crippen LogP contribution is 2.33. The van der Waals surface area contributed by atoms with Crippen molar-refractivity contribution < 1.29 is 5.21 Å². The maximum atomic E-state index is 11.4. The first-order chi connectivity index (χ1) is 12.7. The molecule has 2 aliphatic rings. The molecule has 1 saturated heterocycles. The predicted molar refractivity (Wildman–Crippen MR) is 104 cm³/mol. The van der Waals surface area contributed by atoms with Gasteiger partial charge in [0.25, 0.3) is 0 Å². The lowest BCUT2D eigenvalue weighted by Gasteiger charge is -2.48. The molecule has 0 aliphatic carbocycles. The molecule has 0 bridgehead atoms. The number of hydroxylamine groups is 2. The van der Waals surface area contributed by atoms with E-state index in [-0.39, 0.29) is 5.88 Å². The molecule has 2 aliphatic heterocycles. The highest BCUT2D eigenvalue weighted by molar-refractivity contribution is 6.30. The fourth-order valence-corrected chi connectivity index (χ4v) is 4.34. The molecule has 4 rings (SSSR count). The van der Waals surface area contributed by atoms with Crippen LogP contribution in [0.5, 0.6) is 0 Å². The van der Waals surface area contributed by atoms with Crippen LogP contribution in [-0.2, 0) is 0 Å². The van der Waals surface area contributed by atoms with Crippen molar-refractivity contribution in [3.05, 3.63) is 69.7 Å². The van der Waals surface area contributed by atoms with Crippen LogP contribution in [0.3, 0.4) is 0 Å². The zero-order valence-electron chi connectivity index (χ0n) is 14.4. The topological polar surface area (TPSA) is 39.1 Å². The number of benzene rings is 2. The molecule has 1 fully saturated rings. The lowest BCUT2D eigenvalue weighted by molar-refractivity contribution is -0.180. The van der Waals surface area contributed by atoms with Gasteiger partial charge in [0.2, 0.25) is 5.79 Å². The van der Waals surface area contributed by atoms with E-state index >= 15 is 0 Å². The third-order valence-corrected chi connectivity index (χ3v) is 5.75. The highest BCUT2D eigenvalue weighted by Gasteiger charge is 2.45. The van der Waals surface area contributed by atoms with Crippen molar-refractivity contribution in [2.24, 2.45) is 4.99 Å². The van der Waals surface area contributed by atoms with Gasteiger partial charge in [-0.25, -0.2) is 10.1 Å². The molecule has 6 heteroatoms. The quantitative estimate of drug-likeness (QED) is 0.819. The summed E-state index contributed by atoms with van der Waals surface area (Å²) in [6, 6.07) is 15.4. The number of rotatable bonds is 3. The largest absolute Gasteiger partial charge is 0.285 e. The van der Waals surface area contributed by atoms with Crippen LogP contribution in [0.15, 0.2) is 53.5 Å². The normalized spacial score (nSPS) is 23.5. The number of piperidine rings is 1. The van der Waals surface area contributed by atoms with Crippen LogP contribution in [0, 0.1) is 0 Å². The number of fused-ring (bicyclic) bond motifs is 1. The first-order valence-electron chi connectivity index (χ1n) is 8.91. The summed E-state index contributed by atoms with van der Waals surface area (Å²) >= 11 is 12.7. The second-order valence-corrected chi connectivity index (χ2v) is 7.46. The predicted octanol–water partition coefficient (Wildman–Crippen LogP) is 3.20. The van der Waals surface area contributed by atoms with Gasteiger partial charge in [-0.05, 0) is 31.0 Å². The van der Waals surface area contributed by atoms with Gasteiger partial charge >= 0.3 is 0 Å². The Kier molecular flexibility index (Phi) is 4.93. The average molecular weight is 390 g/mol. The molecule has 0 spiro atoms. The molecule has 1 atom stereocenters. The Bertz CT molecular complexity index is 912. The summed E-state index contributed by atoms with van der Waals surface area (Å²) in [5, 5.41) is 14.8. The number of likely N-dealkylation sites (tertiary alicyclic amines) is 1. The monoisotopic (exact) mass is 389 g/mol. The van der Waals surface area contributed by atoms with Gasteiger partial charge in [0, 0.05) is 28.9 Å². The maximum Gasteiger partial charge on any atom is 0.226 e. The minimum absolute atomic E-state index is 0.169. The van der Waals surface area contributed by atoms with E-state index in [1.807, 2.05) is 48.5 Å². The van der Waals surface area contributed by atoms with E-state index < -0.39 is 5.79 Å². The fourth-order valence-electron chi connectivity index (χ4n) is 3.83. The summed E-state index contributed by atoms with van der Waals surface area (Å²) in [6.07, 6.45) is 3.36. The summed E-state index contributed by atoms with van der Waals surface area (Å²) in [5.74, 6) is -0.837. The van der Waals surface area contributed by atoms with E-state index in [2.05, 4.69) is 4.90 Å². The lowest BCUT2D eigenvalue weighted by atomic mass is 10.0. The van der Waals surface area contributed by atoms with Crippen LogP contribution >= 0.6 is 23.2 Å². The molecule has 0 radical (unpaired) electrons. The van der Waals surface area contributed by atoms with Gasteiger partial charge < -0.3 is 0 Å². The Hall–Kier alpha value is -1.59. The average Bonchev–Trinajstić information content (AvgIpc) is 2.69. The SMILES string of the molecule is ON1C(c2ccccc2)=c2cc(Cl)ccc2=NC1(CCl)N1CCCCC1. The molecule has 4 nitrogen and oxygen atoms in total. The Labute approximate surface area is 162 Å². The van der Waals surface area contributed by atoms with Crippen molar-refractivity contribution in [2.75, 3.05) is 19.0 Å². The van der Waals surface area contributed by atoms with Gasteiger partial charge in [0.05, 0.1) is 16.9 Å². The van der Waals surface area contributed by atoms with E-state index in [4.69, 9.17) is 28.2 Å². The third kappa shape index (κ3) is 2.91. The fraction of sp³-hybridized carbons (Fsp3) is 0.350. The van der Waals surface area contributed by atoms with Gasteiger partial charge in [0.1, 0.15) is 0 Å². The second kappa shape index (κ2) is 7.20. The van der Waals surface area contributed by atoms with Crippen molar-refractivity contribution >= 4 is 28.9 Å². The van der Waals surface area contributed by atoms with Crippen LogP contribution < -0.4 is 10.6 Å². The van der Waals surface area contributed by atoms with Crippen molar-refractivity contribution in [3.8, 4) is 0 Å². The summed E-state index contributed by atoms with van der Waals surface area (Å²) in [4.78, 5) is 7.09. The van der Waals surface area contributed by atoms with Crippen molar-refractivity contribution in [1.29, 1.82) is 0 Å². The molecule has 0 amide bonds. The molecule has 0 aromatic heterocycles. The molecule has 136 valence electrons. The van der Waals surface area contributed by atoms with Gasteiger partial charge in [-0.1, -0.05) is 48.4 Å². The molecule has 2 aromatic rings. The molecule has 0 saturated carbocycles. The maximum absolute atomic E-state index is 11.4. The zero-order valence-corrected chi connectivity index (χ0v) is 15.9. The summed E-state index contributed by atoms with van der Waals surface area (Å²) in [7, 11) is 0. The van der Waals surface area contributed by atoms with Crippen molar-refractivity contribution in [2.45, 2.75) is 25.0 Å². The van der Waals surface area contributed by atoms with Crippen LogP contribution in [0.25, 0.3) is 5.70 Å². The number of nitrogens with zero attached hydrogens (tertiary/aromatic N) is 3. The zero-order chi connectivity index (χ0) is 18.1. The molecule has 1 N–H and O–H groups in total. The van der Waals surface area contributed by atoms with Crippen molar-refractivity contribution in [1.82, 2.24) is 9.96 Å². The summed E-state index contributed by atoms with van der Waals surface area (Å²) in [6.45, 7) is 1.72. The van der Waals surface area contributed by atoms with E-state index in [0.717, 1.165) is 42.1 Å². The van der Waals surface area contributed by atoms with Gasteiger partial charge in [0.15, 0.2) is 0 Å². The second-order valence-electron chi connectivity index (χ2n) is 6.76. The molecular weight excluding hydrogens is 369 g/mol. The molecule has 2 heterocycles. The van der Waals surface area contributed by atoms with Crippen LogP contribution in [0.4, 0.5) is 0 Å². The van der Waals surface area contributed by atoms with Crippen molar-refractivity contribution in [3.63, 3.8) is 0 Å². The van der Waals surface area contributed by atoms with Crippen LogP contribution in [-0.4, -0.2) is 39.9 Å². The van der Waals surface area contributed by atoms with E-state index in [9.17, 15) is 5.21 Å². The van der Waals surface area contributed by atoms with Crippen LogP contribution in [0.2, 0.25) is 5.02 Å².